The number of aromatic carboxylic acids is 1. The number of hydrogen-bond donors (Lipinski definition) is 1. The van der Waals surface area contributed by atoms with Crippen molar-refractivity contribution in [3.63, 3.8) is 0 Å². The summed E-state index contributed by atoms with van der Waals surface area (Å²) in [7, 11) is 0. The summed E-state index contributed by atoms with van der Waals surface area (Å²) in [4.78, 5) is 14.9. The van der Waals surface area contributed by atoms with Gasteiger partial charge in [-0.2, -0.15) is 4.98 Å². The minimum absolute atomic E-state index is 0.129. The zero-order chi connectivity index (χ0) is 13.2. The molecule has 94 valence electrons. The van der Waals surface area contributed by atoms with Gasteiger partial charge in [-0.3, -0.25) is 0 Å². The number of fused-ring (bicyclic) bond motifs is 1. The number of oxazole rings is 1. The summed E-state index contributed by atoms with van der Waals surface area (Å²) in [6.45, 7) is 0. The number of para-hydroxylation sites is 2. The van der Waals surface area contributed by atoms with Crippen LogP contribution in [0.5, 0.6) is 11.8 Å². The average Bonchev–Trinajstić information content (AvgIpc) is 2.81. The SMILES string of the molecule is O=C(O)c1ccc(Oc2nc3ccccc3o2)cc1. The molecule has 2 aromatic carbocycles. The third kappa shape index (κ3) is 2.26. The molecule has 0 radical (unpaired) electrons. The Morgan fingerprint density at radius 3 is 2.53 bits per heavy atom. The van der Waals surface area contributed by atoms with Crippen molar-refractivity contribution >= 4 is 17.1 Å². The van der Waals surface area contributed by atoms with Gasteiger partial charge >= 0.3 is 12.0 Å². The summed E-state index contributed by atoms with van der Waals surface area (Å²) < 4.78 is 10.8. The molecule has 0 aliphatic carbocycles. The molecule has 0 unspecified atom stereocenters. The molecule has 1 N–H and O–H groups in total. The second kappa shape index (κ2) is 4.45. The quantitative estimate of drug-likeness (QED) is 0.777. The summed E-state index contributed by atoms with van der Waals surface area (Å²) in [5.74, 6) is -0.509. The molecule has 0 aliphatic heterocycles. The number of hydrogen-bond acceptors (Lipinski definition) is 4. The van der Waals surface area contributed by atoms with Crippen molar-refractivity contribution in [1.82, 2.24) is 4.98 Å². The highest BCUT2D eigenvalue weighted by Gasteiger charge is 2.08. The second-order valence-electron chi connectivity index (χ2n) is 3.88. The van der Waals surface area contributed by atoms with E-state index in [1.165, 1.54) is 12.1 Å². The number of rotatable bonds is 3. The van der Waals surface area contributed by atoms with Crippen LogP contribution in [0.3, 0.4) is 0 Å². The maximum atomic E-state index is 10.7. The van der Waals surface area contributed by atoms with Gasteiger partial charge in [-0.1, -0.05) is 12.1 Å². The van der Waals surface area contributed by atoms with E-state index in [0.29, 0.717) is 16.8 Å². The van der Waals surface area contributed by atoms with E-state index in [-0.39, 0.29) is 11.6 Å². The van der Waals surface area contributed by atoms with Crippen molar-refractivity contribution < 1.29 is 19.1 Å². The third-order valence-corrected chi connectivity index (χ3v) is 2.58. The average molecular weight is 255 g/mol. The van der Waals surface area contributed by atoms with Crippen LogP contribution >= 0.6 is 0 Å². The van der Waals surface area contributed by atoms with Gasteiger partial charge in [-0.25, -0.2) is 4.79 Å². The lowest BCUT2D eigenvalue weighted by molar-refractivity contribution is 0.0697. The lowest BCUT2D eigenvalue weighted by Crippen LogP contribution is -1.95. The minimum atomic E-state index is -0.978. The topological polar surface area (TPSA) is 72.6 Å². The van der Waals surface area contributed by atoms with Crippen LogP contribution in [0.25, 0.3) is 11.1 Å². The zero-order valence-corrected chi connectivity index (χ0v) is 9.74. The molecule has 0 atom stereocenters. The summed E-state index contributed by atoms with van der Waals surface area (Å²) in [5, 5.41) is 8.79. The standard InChI is InChI=1S/C14H9NO4/c16-13(17)9-5-7-10(8-6-9)18-14-15-11-3-1-2-4-12(11)19-14/h1-8H,(H,16,17). The molecule has 0 fully saturated rings. The first-order valence-electron chi connectivity index (χ1n) is 5.59. The van der Waals surface area contributed by atoms with Crippen LogP contribution in [-0.2, 0) is 0 Å². The van der Waals surface area contributed by atoms with E-state index in [1.54, 1.807) is 18.2 Å². The number of benzene rings is 2. The van der Waals surface area contributed by atoms with Gasteiger partial charge in [0.2, 0.25) is 0 Å². The Hall–Kier alpha value is -2.82. The molecular weight excluding hydrogens is 246 g/mol. The molecule has 1 aromatic heterocycles. The Bertz CT molecular complexity index is 698. The van der Waals surface area contributed by atoms with E-state index in [0.717, 1.165) is 0 Å². The van der Waals surface area contributed by atoms with Crippen LogP contribution in [0.2, 0.25) is 0 Å². The van der Waals surface area contributed by atoms with Crippen LogP contribution in [0.4, 0.5) is 0 Å². The maximum Gasteiger partial charge on any atom is 0.400 e. The highest BCUT2D eigenvalue weighted by molar-refractivity contribution is 5.87. The fourth-order valence-corrected chi connectivity index (χ4v) is 1.66. The lowest BCUT2D eigenvalue weighted by atomic mass is 10.2. The molecule has 0 aliphatic rings. The van der Waals surface area contributed by atoms with E-state index < -0.39 is 5.97 Å². The van der Waals surface area contributed by atoms with Crippen molar-refractivity contribution in [2.45, 2.75) is 0 Å². The predicted octanol–water partition coefficient (Wildman–Crippen LogP) is 3.32. The second-order valence-corrected chi connectivity index (χ2v) is 3.88. The van der Waals surface area contributed by atoms with E-state index in [9.17, 15) is 4.79 Å². The molecule has 5 heteroatoms. The molecule has 1 heterocycles. The van der Waals surface area contributed by atoms with E-state index in [2.05, 4.69) is 4.98 Å². The number of aromatic nitrogens is 1. The highest BCUT2D eigenvalue weighted by Crippen LogP contribution is 2.25. The Kier molecular flexibility index (Phi) is 2.64. The van der Waals surface area contributed by atoms with Crippen molar-refractivity contribution in [1.29, 1.82) is 0 Å². The van der Waals surface area contributed by atoms with E-state index in [4.69, 9.17) is 14.3 Å². The van der Waals surface area contributed by atoms with Gasteiger partial charge in [0.1, 0.15) is 11.3 Å². The number of carboxylic acids is 1. The maximum absolute atomic E-state index is 10.7. The third-order valence-electron chi connectivity index (χ3n) is 2.58. The Morgan fingerprint density at radius 1 is 1.11 bits per heavy atom. The molecule has 0 saturated heterocycles. The molecule has 3 aromatic rings. The van der Waals surface area contributed by atoms with Gasteiger partial charge < -0.3 is 14.3 Å². The first kappa shape index (κ1) is 11.3. The lowest BCUT2D eigenvalue weighted by Gasteiger charge is -2.00. The van der Waals surface area contributed by atoms with Crippen molar-refractivity contribution in [2.75, 3.05) is 0 Å². The van der Waals surface area contributed by atoms with Gasteiger partial charge in [0.15, 0.2) is 5.58 Å². The normalized spacial score (nSPS) is 10.5. The first-order chi connectivity index (χ1) is 9.22. The van der Waals surface area contributed by atoms with Gasteiger partial charge in [0, 0.05) is 0 Å². The van der Waals surface area contributed by atoms with Gasteiger partial charge in [0.05, 0.1) is 5.56 Å². The van der Waals surface area contributed by atoms with Crippen LogP contribution in [0.15, 0.2) is 52.9 Å². The Balaban J connectivity index is 1.86. The van der Waals surface area contributed by atoms with E-state index in [1.807, 2.05) is 18.2 Å². The van der Waals surface area contributed by atoms with Crippen molar-refractivity contribution in [3.8, 4) is 11.8 Å². The Labute approximate surface area is 108 Å². The number of ether oxygens (including phenoxy) is 1. The van der Waals surface area contributed by atoms with E-state index >= 15 is 0 Å². The van der Waals surface area contributed by atoms with Crippen LogP contribution < -0.4 is 4.74 Å². The van der Waals surface area contributed by atoms with Crippen LogP contribution in [-0.4, -0.2) is 16.1 Å². The molecule has 0 spiro atoms. The highest BCUT2D eigenvalue weighted by atomic mass is 16.6. The number of nitrogens with zero attached hydrogens (tertiary/aromatic N) is 1. The molecule has 0 bridgehead atoms. The van der Waals surface area contributed by atoms with Crippen molar-refractivity contribution in [2.24, 2.45) is 0 Å². The van der Waals surface area contributed by atoms with Crippen molar-refractivity contribution in [3.05, 3.63) is 54.1 Å². The monoisotopic (exact) mass is 255 g/mol. The largest absolute Gasteiger partial charge is 0.478 e. The fraction of sp³-hybridized carbons (Fsp3) is 0. The molecule has 0 saturated carbocycles. The summed E-state index contributed by atoms with van der Waals surface area (Å²) in [5.41, 5.74) is 1.55. The molecule has 3 rings (SSSR count). The Morgan fingerprint density at radius 2 is 1.84 bits per heavy atom. The number of carbonyl (C=O) groups is 1. The molecule has 19 heavy (non-hydrogen) atoms. The summed E-state index contributed by atoms with van der Waals surface area (Å²) in [6, 6.07) is 13.3. The first-order valence-corrected chi connectivity index (χ1v) is 5.59. The van der Waals surface area contributed by atoms with Gasteiger partial charge in [-0.05, 0) is 36.4 Å². The zero-order valence-electron chi connectivity index (χ0n) is 9.74. The van der Waals surface area contributed by atoms with Crippen LogP contribution in [0.1, 0.15) is 10.4 Å². The smallest absolute Gasteiger partial charge is 0.400 e. The molecule has 5 nitrogen and oxygen atoms in total. The molecular formula is C14H9NO4. The number of carboxylic acid groups (broad SMARTS) is 1. The summed E-state index contributed by atoms with van der Waals surface area (Å²) >= 11 is 0. The predicted molar refractivity (Wildman–Crippen MR) is 67.5 cm³/mol. The van der Waals surface area contributed by atoms with Crippen LogP contribution in [0, 0.1) is 0 Å². The van der Waals surface area contributed by atoms with Gasteiger partial charge in [0.25, 0.3) is 0 Å². The minimum Gasteiger partial charge on any atom is -0.478 e. The fourth-order valence-electron chi connectivity index (χ4n) is 1.66. The van der Waals surface area contributed by atoms with Gasteiger partial charge in [-0.15, -0.1) is 0 Å². The summed E-state index contributed by atoms with van der Waals surface area (Å²) in [6.07, 6.45) is 0.129. The molecule has 0 amide bonds.